The van der Waals surface area contributed by atoms with Gasteiger partial charge in [0.2, 0.25) is 0 Å². The SMILES string of the molecule is CC(C)(C)OP(=O)(O)[S-].CC(C)(C)OP(O)(O)=S.CC(C)(C)OP([O-])([O-])=S. The van der Waals surface area contributed by atoms with E-state index < -0.39 is 37.0 Å². The summed E-state index contributed by atoms with van der Waals surface area (Å²) in [5, 5.41) is 0. The largest absolute Gasteiger partial charge is 0.812 e. The van der Waals surface area contributed by atoms with E-state index in [-0.39, 0.29) is 0 Å². The van der Waals surface area contributed by atoms with Crippen molar-refractivity contribution in [3.8, 4) is 0 Å². The summed E-state index contributed by atoms with van der Waals surface area (Å²) < 4.78 is 24.0. The average Bonchev–Trinajstić information content (AvgIpc) is 1.96. The normalized spacial score (nSPS) is 15.7. The lowest BCUT2D eigenvalue weighted by molar-refractivity contribution is -0.327. The van der Waals surface area contributed by atoms with Crippen LogP contribution in [0.4, 0.5) is 0 Å². The minimum atomic E-state index is -3.95. The van der Waals surface area contributed by atoms with Gasteiger partial charge in [-0.1, -0.05) is 6.72 Å². The molecular weight excluding hydrogens is 477 g/mol. The Kier molecular flexibility index (Phi) is 14.5. The van der Waals surface area contributed by atoms with Crippen molar-refractivity contribution in [2.24, 2.45) is 0 Å². The highest BCUT2D eigenvalue weighted by molar-refractivity contribution is 8.32. The van der Waals surface area contributed by atoms with Gasteiger partial charge in [-0.05, 0) is 74.1 Å². The molecule has 168 valence electrons. The maximum absolute atomic E-state index is 10.4. The molecule has 0 fully saturated rings. The van der Waals surface area contributed by atoms with Crippen molar-refractivity contribution in [3.63, 3.8) is 0 Å². The second kappa shape index (κ2) is 11.8. The molecule has 0 aromatic rings. The van der Waals surface area contributed by atoms with Gasteiger partial charge in [-0.3, -0.25) is 4.57 Å². The van der Waals surface area contributed by atoms with Gasteiger partial charge in [-0.2, -0.15) is 0 Å². The Morgan fingerprint density at radius 1 is 0.741 bits per heavy atom. The van der Waals surface area contributed by atoms with Gasteiger partial charge in [0, 0.05) is 0 Å². The Hall–Kier alpha value is 1.56. The quantitative estimate of drug-likeness (QED) is 0.379. The second-order valence-corrected chi connectivity index (χ2v) is 15.5. The molecule has 0 amide bonds. The van der Waals surface area contributed by atoms with Crippen LogP contribution in [-0.2, 0) is 54.0 Å². The van der Waals surface area contributed by atoms with E-state index in [0.29, 0.717) is 0 Å². The number of hydrogen-bond acceptors (Lipinski definition) is 9. The van der Waals surface area contributed by atoms with Crippen molar-refractivity contribution in [3.05, 3.63) is 0 Å². The first-order valence-electron chi connectivity index (χ1n) is 7.36. The molecular formula is C12H30O9P3S3-3. The zero-order valence-corrected chi connectivity index (χ0v) is 22.0. The molecule has 1 atom stereocenters. The summed E-state index contributed by atoms with van der Waals surface area (Å²) >= 11 is 12.4. The van der Waals surface area contributed by atoms with Crippen LogP contribution in [-0.4, -0.2) is 31.5 Å². The van der Waals surface area contributed by atoms with Gasteiger partial charge in [0.25, 0.3) is 0 Å². The van der Waals surface area contributed by atoms with Crippen LogP contribution in [0.2, 0.25) is 0 Å². The van der Waals surface area contributed by atoms with Gasteiger partial charge in [0.15, 0.2) is 6.80 Å². The molecule has 15 heteroatoms. The van der Waals surface area contributed by atoms with Crippen molar-refractivity contribution in [2.75, 3.05) is 0 Å². The Bertz CT molecular complexity index is 481. The van der Waals surface area contributed by atoms with E-state index in [4.69, 9.17) is 14.7 Å². The summed E-state index contributed by atoms with van der Waals surface area (Å²) in [5.74, 6) is 0. The van der Waals surface area contributed by atoms with Crippen LogP contribution in [0.1, 0.15) is 62.3 Å². The first kappa shape index (κ1) is 33.2. The molecule has 0 aliphatic heterocycles. The Morgan fingerprint density at radius 2 is 1.00 bits per heavy atom. The molecule has 0 aliphatic carbocycles. The van der Waals surface area contributed by atoms with Gasteiger partial charge in [-0.15, -0.1) is 11.8 Å². The fraction of sp³-hybridized carbons (Fsp3) is 1.00. The van der Waals surface area contributed by atoms with Gasteiger partial charge in [0.05, 0.1) is 16.8 Å². The third-order valence-electron chi connectivity index (χ3n) is 1.17. The minimum absolute atomic E-state index is 0.570. The van der Waals surface area contributed by atoms with E-state index in [1.54, 1.807) is 62.3 Å². The summed E-state index contributed by atoms with van der Waals surface area (Å²) in [5.41, 5.74) is -1.90. The lowest BCUT2D eigenvalue weighted by Crippen LogP contribution is -2.26. The van der Waals surface area contributed by atoms with E-state index in [1.165, 1.54) is 0 Å². The van der Waals surface area contributed by atoms with Crippen LogP contribution in [0.3, 0.4) is 0 Å². The molecule has 0 rings (SSSR count). The number of rotatable bonds is 3. The topological polar surface area (TPSA) is 152 Å². The molecule has 0 spiro atoms. The lowest BCUT2D eigenvalue weighted by Gasteiger charge is -2.40. The Balaban J connectivity index is -0.000000320. The fourth-order valence-electron chi connectivity index (χ4n) is 1.04. The molecule has 0 aromatic carbocycles. The van der Waals surface area contributed by atoms with Crippen molar-refractivity contribution >= 4 is 56.1 Å². The first-order chi connectivity index (χ1) is 11.1. The van der Waals surface area contributed by atoms with E-state index in [0.717, 1.165) is 0 Å². The Labute approximate surface area is 177 Å². The summed E-state index contributed by atoms with van der Waals surface area (Å²) in [4.78, 5) is 46.3. The van der Waals surface area contributed by atoms with Crippen molar-refractivity contribution in [2.45, 2.75) is 79.1 Å². The van der Waals surface area contributed by atoms with Crippen molar-refractivity contribution < 1.29 is 42.6 Å². The third kappa shape index (κ3) is 47.1. The molecule has 0 aliphatic rings. The molecule has 0 saturated carbocycles. The van der Waals surface area contributed by atoms with Crippen LogP contribution in [0.25, 0.3) is 0 Å². The lowest BCUT2D eigenvalue weighted by atomic mass is 10.2. The first-order valence-corrected chi connectivity index (χ1v) is 15.1. The van der Waals surface area contributed by atoms with Crippen LogP contribution in [0.5, 0.6) is 0 Å². The van der Waals surface area contributed by atoms with Gasteiger partial charge in [-0.25, -0.2) is 0 Å². The van der Waals surface area contributed by atoms with Crippen molar-refractivity contribution in [1.82, 2.24) is 0 Å². The zero-order chi connectivity index (χ0) is 23.1. The average molecular weight is 507 g/mol. The maximum atomic E-state index is 10.4. The van der Waals surface area contributed by atoms with E-state index in [2.05, 4.69) is 49.4 Å². The molecule has 1 unspecified atom stereocenters. The predicted octanol–water partition coefficient (Wildman–Crippen LogP) is 2.21. The molecule has 27 heavy (non-hydrogen) atoms. The highest BCUT2D eigenvalue weighted by Crippen LogP contribution is 2.43. The summed E-state index contributed by atoms with van der Waals surface area (Å²) in [7, 11) is 0. The summed E-state index contributed by atoms with van der Waals surface area (Å²) in [6.45, 7) is 3.91. The smallest absolute Gasteiger partial charge is 0.322 e. The van der Waals surface area contributed by atoms with Crippen LogP contribution in [0, 0.1) is 0 Å². The second-order valence-electron chi connectivity index (χ2n) is 8.02. The molecule has 9 nitrogen and oxygen atoms in total. The molecule has 0 bridgehead atoms. The monoisotopic (exact) mass is 507 g/mol. The zero-order valence-electron chi connectivity index (χ0n) is 16.9. The third-order valence-corrected chi connectivity index (χ3v) is 4.17. The van der Waals surface area contributed by atoms with Gasteiger partial charge in [0.1, 0.15) is 0 Å². The highest BCUT2D eigenvalue weighted by atomic mass is 32.7. The van der Waals surface area contributed by atoms with Gasteiger partial charge < -0.3 is 50.3 Å². The maximum Gasteiger partial charge on any atom is 0.322 e. The highest BCUT2D eigenvalue weighted by Gasteiger charge is 2.19. The van der Waals surface area contributed by atoms with Gasteiger partial charge >= 0.3 is 6.72 Å². The molecule has 0 aromatic heterocycles. The summed E-state index contributed by atoms with van der Waals surface area (Å²) in [6.07, 6.45) is 0. The predicted molar refractivity (Wildman–Crippen MR) is 113 cm³/mol. The summed E-state index contributed by atoms with van der Waals surface area (Å²) in [6, 6.07) is 0. The Morgan fingerprint density at radius 3 is 1.00 bits per heavy atom. The molecule has 3 N–H and O–H groups in total. The van der Waals surface area contributed by atoms with Crippen LogP contribution < -0.4 is 9.79 Å². The number of hydrogen-bond donors (Lipinski definition) is 3. The van der Waals surface area contributed by atoms with E-state index >= 15 is 0 Å². The fourth-order valence-corrected chi connectivity index (χ4v) is 5.13. The van der Waals surface area contributed by atoms with Crippen LogP contribution >= 0.6 is 20.2 Å². The molecule has 0 radical (unpaired) electrons. The molecule has 0 saturated heterocycles. The molecule has 0 heterocycles. The minimum Gasteiger partial charge on any atom is -0.812 e. The standard InChI is InChI=1S/3C4H11O3PS/c3*1-4(2,3)7-8(5,6)9/h3*1-3H3,(H2,5,6,9)/p-3. The van der Waals surface area contributed by atoms with E-state index in [9.17, 15) is 14.4 Å². The van der Waals surface area contributed by atoms with Crippen LogP contribution in [0.15, 0.2) is 0 Å². The van der Waals surface area contributed by atoms with E-state index in [1.807, 2.05) is 0 Å². The van der Waals surface area contributed by atoms with Crippen molar-refractivity contribution in [1.29, 1.82) is 0 Å².